The van der Waals surface area contributed by atoms with Gasteiger partial charge in [0.25, 0.3) is 5.91 Å². The number of fused-ring (bicyclic) bond motifs is 1. The van der Waals surface area contributed by atoms with Crippen LogP contribution < -0.4 is 10.1 Å². The summed E-state index contributed by atoms with van der Waals surface area (Å²) in [7, 11) is 3.47. The molecule has 0 saturated heterocycles. The van der Waals surface area contributed by atoms with Gasteiger partial charge >= 0.3 is 0 Å². The van der Waals surface area contributed by atoms with Crippen LogP contribution >= 0.6 is 0 Å². The van der Waals surface area contributed by atoms with E-state index in [1.54, 1.807) is 31.4 Å². The van der Waals surface area contributed by atoms with Gasteiger partial charge in [-0.05, 0) is 43.2 Å². The van der Waals surface area contributed by atoms with Crippen LogP contribution in [0.15, 0.2) is 48.5 Å². The first-order valence-electron chi connectivity index (χ1n) is 11.2. The van der Waals surface area contributed by atoms with Crippen LogP contribution in [0, 0.1) is 0 Å². The summed E-state index contributed by atoms with van der Waals surface area (Å²) in [6.45, 7) is 0.434. The molecule has 2 amide bonds. The number of aromatic nitrogens is 2. The molecule has 0 bridgehead atoms. The lowest BCUT2D eigenvalue weighted by Crippen LogP contribution is -2.40. The highest BCUT2D eigenvalue weighted by molar-refractivity contribution is 5.94. The van der Waals surface area contributed by atoms with Crippen molar-refractivity contribution in [1.29, 1.82) is 0 Å². The van der Waals surface area contributed by atoms with Crippen molar-refractivity contribution in [2.24, 2.45) is 0 Å². The molecule has 168 valence electrons. The number of likely N-dealkylation sites (N-methyl/N-ethyl adjacent to an activating group) is 1. The van der Waals surface area contributed by atoms with Crippen LogP contribution in [0.2, 0.25) is 0 Å². The Labute approximate surface area is 188 Å². The van der Waals surface area contributed by atoms with Gasteiger partial charge in [0, 0.05) is 18.7 Å². The van der Waals surface area contributed by atoms with Crippen molar-refractivity contribution in [1.82, 2.24) is 19.8 Å². The maximum absolute atomic E-state index is 13.1. The summed E-state index contributed by atoms with van der Waals surface area (Å²) in [5.41, 5.74) is 2.22. The Kier molecular flexibility index (Phi) is 6.73. The molecular weight excluding hydrogens is 404 g/mol. The van der Waals surface area contributed by atoms with E-state index >= 15 is 0 Å². The Balaban J connectivity index is 1.52. The number of nitrogens with one attached hydrogen (secondary N) is 1. The van der Waals surface area contributed by atoms with Gasteiger partial charge in [0.15, 0.2) is 0 Å². The SMILES string of the molecule is COc1cccc(C(=O)NCc2nc3ccccc3n2CC(=O)N(C)C2CCCCC2)c1. The monoisotopic (exact) mass is 434 g/mol. The fourth-order valence-corrected chi connectivity index (χ4v) is 4.38. The Hall–Kier alpha value is -3.35. The van der Waals surface area contributed by atoms with E-state index < -0.39 is 0 Å². The average molecular weight is 435 g/mol. The van der Waals surface area contributed by atoms with Crippen LogP contribution in [0.5, 0.6) is 5.75 Å². The number of nitrogens with zero attached hydrogens (tertiary/aromatic N) is 3. The largest absolute Gasteiger partial charge is 0.497 e. The molecule has 0 radical (unpaired) electrons. The van der Waals surface area contributed by atoms with Crippen molar-refractivity contribution in [2.75, 3.05) is 14.2 Å². The first kappa shape index (κ1) is 21.9. The quantitative estimate of drug-likeness (QED) is 0.614. The van der Waals surface area contributed by atoms with Crippen LogP contribution in [-0.2, 0) is 17.9 Å². The number of carbonyl (C=O) groups is 2. The van der Waals surface area contributed by atoms with Gasteiger partial charge in [-0.3, -0.25) is 9.59 Å². The number of carbonyl (C=O) groups excluding carboxylic acids is 2. The number of hydrogen-bond acceptors (Lipinski definition) is 4. The fourth-order valence-electron chi connectivity index (χ4n) is 4.38. The lowest BCUT2D eigenvalue weighted by molar-refractivity contribution is -0.133. The number of amides is 2. The fraction of sp³-hybridized carbons (Fsp3) is 0.400. The smallest absolute Gasteiger partial charge is 0.251 e. The number of rotatable bonds is 7. The van der Waals surface area contributed by atoms with Crippen molar-refractivity contribution < 1.29 is 14.3 Å². The Morgan fingerprint density at radius 3 is 2.69 bits per heavy atom. The molecule has 1 aromatic heterocycles. The van der Waals surface area contributed by atoms with Gasteiger partial charge in [0.05, 0.1) is 24.7 Å². The minimum atomic E-state index is -0.215. The number of methoxy groups -OCH3 is 1. The van der Waals surface area contributed by atoms with Crippen LogP contribution in [0.3, 0.4) is 0 Å². The first-order chi connectivity index (χ1) is 15.6. The van der Waals surface area contributed by atoms with Gasteiger partial charge < -0.3 is 19.5 Å². The van der Waals surface area contributed by atoms with Gasteiger partial charge in [-0.15, -0.1) is 0 Å². The molecule has 7 heteroatoms. The van der Waals surface area contributed by atoms with E-state index in [0.717, 1.165) is 23.9 Å². The van der Waals surface area contributed by atoms with Crippen molar-refractivity contribution in [3.8, 4) is 5.75 Å². The van der Waals surface area contributed by atoms with Crippen LogP contribution in [0.1, 0.15) is 48.3 Å². The minimum absolute atomic E-state index is 0.0698. The van der Waals surface area contributed by atoms with Gasteiger partial charge in [-0.2, -0.15) is 0 Å². The highest BCUT2D eigenvalue weighted by Crippen LogP contribution is 2.23. The summed E-state index contributed by atoms with van der Waals surface area (Å²) in [4.78, 5) is 32.4. The summed E-state index contributed by atoms with van der Waals surface area (Å²) in [5.74, 6) is 1.14. The van der Waals surface area contributed by atoms with E-state index in [2.05, 4.69) is 10.3 Å². The molecule has 0 unspecified atom stereocenters. The summed E-state index contributed by atoms with van der Waals surface area (Å²) in [5, 5.41) is 2.93. The molecular formula is C25H30N4O3. The van der Waals surface area contributed by atoms with Crippen molar-refractivity contribution in [3.05, 3.63) is 59.9 Å². The molecule has 32 heavy (non-hydrogen) atoms. The van der Waals surface area contributed by atoms with Gasteiger partial charge in [0.2, 0.25) is 5.91 Å². The van der Waals surface area contributed by atoms with Gasteiger partial charge in [0.1, 0.15) is 18.1 Å². The predicted molar refractivity (Wildman–Crippen MR) is 124 cm³/mol. The first-order valence-corrected chi connectivity index (χ1v) is 11.2. The number of imidazole rings is 1. The summed E-state index contributed by atoms with van der Waals surface area (Å²) in [6.07, 6.45) is 5.74. The molecule has 3 aromatic rings. The van der Waals surface area contributed by atoms with Gasteiger partial charge in [-0.1, -0.05) is 37.5 Å². The van der Waals surface area contributed by atoms with Crippen molar-refractivity contribution >= 4 is 22.8 Å². The molecule has 2 aromatic carbocycles. The zero-order valence-electron chi connectivity index (χ0n) is 18.7. The maximum Gasteiger partial charge on any atom is 0.251 e. The van der Waals surface area contributed by atoms with E-state index in [1.807, 2.05) is 40.8 Å². The predicted octanol–water partition coefficient (Wildman–Crippen LogP) is 3.77. The Bertz CT molecular complexity index is 1100. The third-order valence-corrected chi connectivity index (χ3v) is 6.28. The molecule has 4 rings (SSSR count). The van der Waals surface area contributed by atoms with Crippen LogP contribution in [0.25, 0.3) is 11.0 Å². The minimum Gasteiger partial charge on any atom is -0.497 e. The van der Waals surface area contributed by atoms with E-state index in [4.69, 9.17) is 4.74 Å². The number of para-hydroxylation sites is 2. The van der Waals surface area contributed by atoms with E-state index in [-0.39, 0.29) is 24.9 Å². The number of ether oxygens (including phenoxy) is 1. The van der Waals surface area contributed by atoms with Crippen LogP contribution in [0.4, 0.5) is 0 Å². The molecule has 1 heterocycles. The second-order valence-corrected chi connectivity index (χ2v) is 8.31. The molecule has 0 aliphatic heterocycles. The van der Waals surface area contributed by atoms with Crippen LogP contribution in [-0.4, -0.2) is 46.5 Å². The molecule has 1 aliphatic carbocycles. The van der Waals surface area contributed by atoms with E-state index in [0.29, 0.717) is 23.2 Å². The zero-order chi connectivity index (χ0) is 22.5. The lowest BCUT2D eigenvalue weighted by atomic mass is 9.94. The van der Waals surface area contributed by atoms with E-state index in [9.17, 15) is 9.59 Å². The third kappa shape index (κ3) is 4.77. The topological polar surface area (TPSA) is 76.5 Å². The molecule has 0 spiro atoms. The molecule has 1 N–H and O–H groups in total. The highest BCUT2D eigenvalue weighted by Gasteiger charge is 2.23. The molecule has 0 atom stereocenters. The maximum atomic E-state index is 13.1. The Morgan fingerprint density at radius 2 is 1.91 bits per heavy atom. The number of hydrogen-bond donors (Lipinski definition) is 1. The standard InChI is InChI=1S/C25H30N4O3/c1-28(19-10-4-3-5-11-19)24(30)17-29-22-14-7-6-13-21(22)27-23(29)16-26-25(31)18-9-8-12-20(15-18)32-2/h6-9,12-15,19H,3-5,10-11,16-17H2,1-2H3,(H,26,31). The molecule has 1 aliphatic rings. The summed E-state index contributed by atoms with van der Waals surface area (Å²) < 4.78 is 7.12. The lowest BCUT2D eigenvalue weighted by Gasteiger charge is -2.31. The van der Waals surface area contributed by atoms with Crippen molar-refractivity contribution in [3.63, 3.8) is 0 Å². The van der Waals surface area contributed by atoms with Gasteiger partial charge in [-0.25, -0.2) is 4.98 Å². The third-order valence-electron chi connectivity index (χ3n) is 6.28. The summed E-state index contributed by atoms with van der Waals surface area (Å²) in [6, 6.07) is 15.1. The Morgan fingerprint density at radius 1 is 1.12 bits per heavy atom. The number of benzene rings is 2. The second-order valence-electron chi connectivity index (χ2n) is 8.31. The average Bonchev–Trinajstić information content (AvgIpc) is 3.19. The summed E-state index contributed by atoms with van der Waals surface area (Å²) >= 11 is 0. The molecule has 1 fully saturated rings. The van der Waals surface area contributed by atoms with Crippen molar-refractivity contribution in [2.45, 2.75) is 51.2 Å². The normalized spacial score (nSPS) is 14.3. The highest BCUT2D eigenvalue weighted by atomic mass is 16.5. The second kappa shape index (κ2) is 9.85. The molecule has 7 nitrogen and oxygen atoms in total. The van der Waals surface area contributed by atoms with E-state index in [1.165, 1.54) is 19.3 Å². The molecule has 1 saturated carbocycles. The zero-order valence-corrected chi connectivity index (χ0v) is 18.7.